The van der Waals surface area contributed by atoms with Crippen molar-refractivity contribution in [2.75, 3.05) is 0 Å². The highest BCUT2D eigenvalue weighted by molar-refractivity contribution is 5.93. The van der Waals surface area contributed by atoms with Gasteiger partial charge in [0.2, 0.25) is 0 Å². The first-order valence-electron chi connectivity index (χ1n) is 10.5. The molecule has 3 aromatic heterocycles. The van der Waals surface area contributed by atoms with Crippen molar-refractivity contribution in [1.82, 2.24) is 24.1 Å². The van der Waals surface area contributed by atoms with Crippen LogP contribution in [0.3, 0.4) is 0 Å². The van der Waals surface area contributed by atoms with Crippen LogP contribution in [-0.4, -0.2) is 24.1 Å². The van der Waals surface area contributed by atoms with Crippen molar-refractivity contribution in [2.24, 2.45) is 11.8 Å². The minimum Gasteiger partial charge on any atom is -0.311 e. The lowest BCUT2D eigenvalue weighted by Crippen LogP contribution is -2.33. The van der Waals surface area contributed by atoms with E-state index in [9.17, 15) is 9.18 Å². The van der Waals surface area contributed by atoms with Gasteiger partial charge in [-0.1, -0.05) is 26.7 Å². The zero-order valence-electron chi connectivity index (χ0n) is 17.3. The molecule has 1 aromatic carbocycles. The topological polar surface area (TPSA) is 65.1 Å². The summed E-state index contributed by atoms with van der Waals surface area (Å²) in [6.07, 6.45) is 5.16. The summed E-state index contributed by atoms with van der Waals surface area (Å²) >= 11 is 0. The first-order valence-corrected chi connectivity index (χ1v) is 10.5. The van der Waals surface area contributed by atoms with Crippen LogP contribution in [0.5, 0.6) is 0 Å². The molecule has 0 radical (unpaired) electrons. The summed E-state index contributed by atoms with van der Waals surface area (Å²) in [6.45, 7) is 6.28. The van der Waals surface area contributed by atoms with E-state index in [1.807, 2.05) is 16.8 Å². The Balaban J connectivity index is 1.83. The van der Waals surface area contributed by atoms with Gasteiger partial charge in [0.25, 0.3) is 11.3 Å². The van der Waals surface area contributed by atoms with Crippen LogP contribution in [0.4, 0.5) is 4.39 Å². The van der Waals surface area contributed by atoms with Gasteiger partial charge in [-0.05, 0) is 55.5 Å². The highest BCUT2D eigenvalue weighted by Crippen LogP contribution is 2.37. The fourth-order valence-corrected chi connectivity index (χ4v) is 4.78. The van der Waals surface area contributed by atoms with E-state index in [0.29, 0.717) is 45.6 Å². The van der Waals surface area contributed by atoms with E-state index in [0.717, 1.165) is 12.8 Å². The molecule has 1 aliphatic rings. The molecule has 0 spiro atoms. The third kappa shape index (κ3) is 2.91. The lowest BCUT2D eigenvalue weighted by Gasteiger charge is -2.35. The third-order valence-electron chi connectivity index (χ3n) is 6.60. The van der Waals surface area contributed by atoms with Crippen LogP contribution in [0.25, 0.3) is 27.9 Å². The van der Waals surface area contributed by atoms with Crippen LogP contribution in [-0.2, 0) is 0 Å². The minimum absolute atomic E-state index is 0.0830. The Hall–Kier alpha value is -3.09. The van der Waals surface area contributed by atoms with E-state index in [4.69, 9.17) is 0 Å². The Morgan fingerprint density at radius 3 is 2.60 bits per heavy atom. The highest BCUT2D eigenvalue weighted by atomic mass is 19.1. The number of nitrogens with zero attached hydrogens (tertiary/aromatic N) is 5. The van der Waals surface area contributed by atoms with Gasteiger partial charge in [0.05, 0.1) is 16.6 Å². The summed E-state index contributed by atoms with van der Waals surface area (Å²) in [5.41, 5.74) is 1.80. The molecular formula is C23H24FN5O. The number of halogens is 1. The number of hydrogen-bond donors (Lipinski definition) is 0. The van der Waals surface area contributed by atoms with Crippen molar-refractivity contribution < 1.29 is 4.39 Å². The van der Waals surface area contributed by atoms with Crippen LogP contribution in [0.2, 0.25) is 0 Å². The van der Waals surface area contributed by atoms with Gasteiger partial charge in [-0.25, -0.2) is 9.37 Å². The number of fused-ring (bicyclic) bond motifs is 2. The summed E-state index contributed by atoms with van der Waals surface area (Å²) < 4.78 is 17.1. The lowest BCUT2D eigenvalue weighted by molar-refractivity contribution is 0.183. The lowest BCUT2D eigenvalue weighted by atomic mass is 9.78. The zero-order valence-corrected chi connectivity index (χ0v) is 17.3. The van der Waals surface area contributed by atoms with E-state index in [1.165, 1.54) is 18.6 Å². The quantitative estimate of drug-likeness (QED) is 0.491. The van der Waals surface area contributed by atoms with Crippen LogP contribution < -0.4 is 5.56 Å². The second kappa shape index (κ2) is 7.00. The second-order valence-corrected chi connectivity index (χ2v) is 8.46. The van der Waals surface area contributed by atoms with Crippen molar-refractivity contribution in [3.05, 3.63) is 58.5 Å². The predicted octanol–water partition coefficient (Wildman–Crippen LogP) is 4.55. The van der Waals surface area contributed by atoms with E-state index >= 15 is 0 Å². The fraction of sp³-hybridized carbons (Fsp3) is 0.391. The molecule has 1 aliphatic carbocycles. The molecule has 30 heavy (non-hydrogen) atoms. The summed E-state index contributed by atoms with van der Waals surface area (Å²) in [7, 11) is 0. The van der Waals surface area contributed by atoms with Crippen molar-refractivity contribution in [2.45, 2.75) is 46.1 Å². The molecule has 0 aliphatic heterocycles. The molecule has 3 atom stereocenters. The molecule has 6 nitrogen and oxygen atoms in total. The van der Waals surface area contributed by atoms with Gasteiger partial charge in [-0.2, -0.15) is 9.50 Å². The molecule has 1 fully saturated rings. The van der Waals surface area contributed by atoms with Crippen LogP contribution >= 0.6 is 0 Å². The maximum absolute atomic E-state index is 13.8. The average Bonchev–Trinajstić information content (AvgIpc) is 3.10. The molecule has 3 heterocycles. The number of aryl methyl sites for hydroxylation is 1. The van der Waals surface area contributed by atoms with E-state index in [2.05, 4.69) is 28.9 Å². The summed E-state index contributed by atoms with van der Waals surface area (Å²) in [5.74, 6) is 1.65. The second-order valence-electron chi connectivity index (χ2n) is 8.46. The van der Waals surface area contributed by atoms with Gasteiger partial charge in [-0.3, -0.25) is 4.79 Å². The Bertz CT molecular complexity index is 1310. The van der Waals surface area contributed by atoms with Gasteiger partial charge in [0.15, 0.2) is 0 Å². The Morgan fingerprint density at radius 2 is 1.83 bits per heavy atom. The van der Waals surface area contributed by atoms with E-state index in [-0.39, 0.29) is 17.4 Å². The molecular weight excluding hydrogens is 381 g/mol. The van der Waals surface area contributed by atoms with Crippen molar-refractivity contribution in [3.63, 3.8) is 0 Å². The minimum atomic E-state index is -0.328. The first kappa shape index (κ1) is 18.9. The van der Waals surface area contributed by atoms with Gasteiger partial charge in [0.1, 0.15) is 11.6 Å². The van der Waals surface area contributed by atoms with Gasteiger partial charge in [-0.15, -0.1) is 5.10 Å². The monoisotopic (exact) mass is 405 g/mol. The molecule has 5 rings (SSSR count). The van der Waals surface area contributed by atoms with Crippen molar-refractivity contribution in [3.8, 4) is 11.3 Å². The standard InChI is InChI=1S/C23H24FN5O/c1-13-5-4-6-19(14(13)2)28-12-11-18-20(22(28)30)21(16-7-9-17(24)10-8-16)29-23(26-18)25-15(3)27-29/h7-14,19H,4-6H2,1-3H3/t13-,14-,19+/m0/s1. The summed E-state index contributed by atoms with van der Waals surface area (Å²) in [4.78, 5) is 22.8. The van der Waals surface area contributed by atoms with Crippen LogP contribution in [0.1, 0.15) is 45.0 Å². The van der Waals surface area contributed by atoms with Gasteiger partial charge < -0.3 is 4.57 Å². The highest BCUT2D eigenvalue weighted by Gasteiger charge is 2.30. The Kier molecular flexibility index (Phi) is 4.41. The van der Waals surface area contributed by atoms with Crippen molar-refractivity contribution in [1.29, 1.82) is 0 Å². The van der Waals surface area contributed by atoms with Crippen LogP contribution in [0, 0.1) is 24.6 Å². The number of benzene rings is 1. The molecule has 4 aromatic rings. The number of pyridine rings is 1. The molecule has 1 saturated carbocycles. The first-order chi connectivity index (χ1) is 14.4. The smallest absolute Gasteiger partial charge is 0.262 e. The molecule has 0 N–H and O–H groups in total. The molecule has 0 amide bonds. The zero-order chi connectivity index (χ0) is 21.0. The molecule has 0 saturated heterocycles. The summed E-state index contributed by atoms with van der Waals surface area (Å²) in [5, 5.41) is 4.97. The Morgan fingerprint density at radius 1 is 1.07 bits per heavy atom. The molecule has 0 unspecified atom stereocenters. The van der Waals surface area contributed by atoms with E-state index < -0.39 is 0 Å². The normalized spacial score (nSPS) is 22.1. The number of rotatable bonds is 2. The van der Waals surface area contributed by atoms with Crippen molar-refractivity contribution >= 4 is 16.7 Å². The summed E-state index contributed by atoms with van der Waals surface area (Å²) in [6, 6.07) is 8.16. The number of aromatic nitrogens is 5. The fourth-order valence-electron chi connectivity index (χ4n) is 4.78. The average molecular weight is 405 g/mol. The number of hydrogen-bond acceptors (Lipinski definition) is 4. The largest absolute Gasteiger partial charge is 0.311 e. The molecule has 0 bridgehead atoms. The predicted molar refractivity (Wildman–Crippen MR) is 114 cm³/mol. The van der Waals surface area contributed by atoms with Gasteiger partial charge >= 0.3 is 0 Å². The third-order valence-corrected chi connectivity index (χ3v) is 6.60. The maximum atomic E-state index is 13.8. The molecule has 7 heteroatoms. The molecule has 154 valence electrons. The maximum Gasteiger partial charge on any atom is 0.262 e. The van der Waals surface area contributed by atoms with Gasteiger partial charge in [0, 0.05) is 17.8 Å². The SMILES string of the molecule is Cc1nc2nc3ccn([C@@H]4CCC[C@H](C)[C@@H]4C)c(=O)c3c(-c3ccc(F)cc3)n2n1. The Labute approximate surface area is 173 Å². The van der Waals surface area contributed by atoms with E-state index in [1.54, 1.807) is 23.6 Å². The van der Waals surface area contributed by atoms with Crippen LogP contribution in [0.15, 0.2) is 41.3 Å².